The number of halogens is 2. The maximum absolute atomic E-state index is 13.3. The summed E-state index contributed by atoms with van der Waals surface area (Å²) in [6.07, 6.45) is 1.29. The summed E-state index contributed by atoms with van der Waals surface area (Å²) < 4.78 is 27.5. The number of hydrogen-bond donors (Lipinski definition) is 1. The molecule has 1 aliphatic carbocycles. The fraction of sp³-hybridized carbons (Fsp3) is 0.214. The van der Waals surface area contributed by atoms with Crippen LogP contribution in [0.5, 0.6) is 0 Å². The Morgan fingerprint density at radius 3 is 2.67 bits per heavy atom. The highest BCUT2D eigenvalue weighted by molar-refractivity contribution is 6.06. The molecule has 1 aliphatic rings. The van der Waals surface area contributed by atoms with Crippen molar-refractivity contribution in [3.8, 4) is 5.69 Å². The van der Waals surface area contributed by atoms with Crippen LogP contribution in [0.15, 0.2) is 18.2 Å². The van der Waals surface area contributed by atoms with Crippen molar-refractivity contribution in [1.29, 1.82) is 0 Å². The Morgan fingerprint density at radius 1 is 1.24 bits per heavy atom. The second kappa shape index (κ2) is 4.76. The SMILES string of the molecule is O=C(O)c1nn(-c2ccc(F)c(F)c2)c2c1C(=O)CCC2. The molecule has 0 saturated carbocycles. The molecule has 0 amide bonds. The van der Waals surface area contributed by atoms with Crippen LogP contribution in [0.25, 0.3) is 5.69 Å². The van der Waals surface area contributed by atoms with Crippen molar-refractivity contribution in [1.82, 2.24) is 9.78 Å². The van der Waals surface area contributed by atoms with Crippen LogP contribution in [0, 0.1) is 11.6 Å². The van der Waals surface area contributed by atoms with Crippen molar-refractivity contribution >= 4 is 11.8 Å². The lowest BCUT2D eigenvalue weighted by molar-refractivity contribution is 0.0684. The predicted molar refractivity (Wildman–Crippen MR) is 67.7 cm³/mol. The second-order valence-electron chi connectivity index (χ2n) is 4.76. The van der Waals surface area contributed by atoms with E-state index in [1.807, 2.05) is 0 Å². The number of carbonyl (C=O) groups is 2. The van der Waals surface area contributed by atoms with Gasteiger partial charge in [-0.1, -0.05) is 0 Å². The molecule has 1 N–H and O–H groups in total. The molecular formula is C14H10F2N2O3. The fourth-order valence-electron chi connectivity index (χ4n) is 2.50. The van der Waals surface area contributed by atoms with Gasteiger partial charge >= 0.3 is 5.97 Å². The van der Waals surface area contributed by atoms with E-state index in [1.165, 1.54) is 10.7 Å². The lowest BCUT2D eigenvalue weighted by Gasteiger charge is -2.13. The fourth-order valence-corrected chi connectivity index (χ4v) is 2.50. The molecule has 0 radical (unpaired) electrons. The summed E-state index contributed by atoms with van der Waals surface area (Å²) in [4.78, 5) is 23.1. The first kappa shape index (κ1) is 13.4. The highest BCUT2D eigenvalue weighted by atomic mass is 19.2. The molecule has 108 valence electrons. The number of benzene rings is 1. The van der Waals surface area contributed by atoms with Crippen molar-refractivity contribution in [2.75, 3.05) is 0 Å². The van der Waals surface area contributed by atoms with E-state index >= 15 is 0 Å². The minimum absolute atomic E-state index is 0.0680. The van der Waals surface area contributed by atoms with E-state index in [2.05, 4.69) is 5.10 Å². The third kappa shape index (κ3) is 2.10. The molecule has 0 unspecified atom stereocenters. The third-order valence-electron chi connectivity index (χ3n) is 3.43. The van der Waals surface area contributed by atoms with Gasteiger partial charge in [0.25, 0.3) is 0 Å². The molecule has 0 spiro atoms. The Hall–Kier alpha value is -2.57. The Morgan fingerprint density at radius 2 is 2.00 bits per heavy atom. The summed E-state index contributed by atoms with van der Waals surface area (Å²) in [7, 11) is 0. The van der Waals surface area contributed by atoms with Crippen LogP contribution in [0.2, 0.25) is 0 Å². The summed E-state index contributed by atoms with van der Waals surface area (Å²) in [5.74, 6) is -3.67. The van der Waals surface area contributed by atoms with E-state index in [0.717, 1.165) is 12.1 Å². The Bertz CT molecular complexity index is 768. The smallest absolute Gasteiger partial charge is 0.357 e. The number of carboxylic acids is 1. The third-order valence-corrected chi connectivity index (χ3v) is 3.43. The molecule has 1 heterocycles. The van der Waals surface area contributed by atoms with Gasteiger partial charge in [-0.25, -0.2) is 18.3 Å². The van der Waals surface area contributed by atoms with Crippen LogP contribution < -0.4 is 0 Å². The topological polar surface area (TPSA) is 72.2 Å². The van der Waals surface area contributed by atoms with Crippen LogP contribution in [0.1, 0.15) is 39.4 Å². The Labute approximate surface area is 117 Å². The highest BCUT2D eigenvalue weighted by Crippen LogP contribution is 2.27. The van der Waals surface area contributed by atoms with Crippen molar-refractivity contribution in [3.63, 3.8) is 0 Å². The van der Waals surface area contributed by atoms with E-state index in [-0.39, 0.29) is 29.1 Å². The molecule has 21 heavy (non-hydrogen) atoms. The maximum Gasteiger partial charge on any atom is 0.357 e. The zero-order chi connectivity index (χ0) is 15.1. The summed E-state index contributed by atoms with van der Waals surface area (Å²) in [6.45, 7) is 0. The monoisotopic (exact) mass is 292 g/mol. The molecule has 1 aromatic heterocycles. The van der Waals surface area contributed by atoms with Gasteiger partial charge in [0, 0.05) is 12.5 Å². The predicted octanol–water partition coefficient (Wildman–Crippen LogP) is 2.37. The highest BCUT2D eigenvalue weighted by Gasteiger charge is 2.30. The van der Waals surface area contributed by atoms with Crippen LogP contribution in [-0.4, -0.2) is 26.6 Å². The van der Waals surface area contributed by atoms with Crippen molar-refractivity contribution in [2.24, 2.45) is 0 Å². The number of carboxylic acid groups (broad SMARTS) is 1. The quantitative estimate of drug-likeness (QED) is 0.922. The van der Waals surface area contributed by atoms with E-state index < -0.39 is 17.6 Å². The number of nitrogens with zero attached hydrogens (tertiary/aromatic N) is 2. The minimum atomic E-state index is -1.32. The first-order chi connectivity index (χ1) is 9.99. The normalized spacial score (nSPS) is 14.1. The summed E-state index contributed by atoms with van der Waals surface area (Å²) >= 11 is 0. The van der Waals surface area contributed by atoms with Gasteiger partial charge in [-0.05, 0) is 25.0 Å². The van der Waals surface area contributed by atoms with E-state index in [1.54, 1.807) is 0 Å². The van der Waals surface area contributed by atoms with Crippen LogP contribution in [0.3, 0.4) is 0 Å². The van der Waals surface area contributed by atoms with Gasteiger partial charge in [0.1, 0.15) is 0 Å². The number of aromatic nitrogens is 2. The molecular weight excluding hydrogens is 282 g/mol. The summed E-state index contributed by atoms with van der Waals surface area (Å²) in [5, 5.41) is 13.0. The van der Waals surface area contributed by atoms with Crippen LogP contribution in [-0.2, 0) is 6.42 Å². The average Bonchev–Trinajstić information content (AvgIpc) is 2.83. The van der Waals surface area contributed by atoms with Gasteiger partial charge in [-0.2, -0.15) is 5.10 Å². The molecule has 0 saturated heterocycles. The van der Waals surface area contributed by atoms with E-state index in [9.17, 15) is 18.4 Å². The number of carbonyl (C=O) groups excluding carboxylic acids is 1. The number of rotatable bonds is 2. The molecule has 0 bridgehead atoms. The van der Waals surface area contributed by atoms with E-state index in [0.29, 0.717) is 18.5 Å². The molecule has 2 aromatic rings. The average molecular weight is 292 g/mol. The molecule has 0 atom stereocenters. The van der Waals surface area contributed by atoms with Crippen molar-refractivity contribution in [3.05, 3.63) is 46.8 Å². The van der Waals surface area contributed by atoms with Crippen LogP contribution in [0.4, 0.5) is 8.78 Å². The molecule has 0 aliphatic heterocycles. The minimum Gasteiger partial charge on any atom is -0.476 e. The Balaban J connectivity index is 2.23. The van der Waals surface area contributed by atoms with Gasteiger partial charge in [0.15, 0.2) is 23.1 Å². The molecule has 3 rings (SSSR count). The van der Waals surface area contributed by atoms with Crippen molar-refractivity contribution < 1.29 is 23.5 Å². The lowest BCUT2D eigenvalue weighted by atomic mass is 9.94. The molecule has 5 nitrogen and oxygen atoms in total. The molecule has 0 fully saturated rings. The summed E-state index contributed by atoms with van der Waals surface area (Å²) in [6, 6.07) is 3.15. The van der Waals surface area contributed by atoms with Gasteiger partial charge in [-0.3, -0.25) is 4.79 Å². The number of aromatic carboxylic acids is 1. The number of Topliss-reactive ketones (excluding diaryl/α,β-unsaturated/α-hetero) is 1. The first-order valence-corrected chi connectivity index (χ1v) is 6.33. The summed E-state index contributed by atoms with van der Waals surface area (Å²) in [5.41, 5.74) is 0.333. The molecule has 7 heteroatoms. The molecule has 1 aromatic carbocycles. The second-order valence-corrected chi connectivity index (χ2v) is 4.76. The van der Waals surface area contributed by atoms with Gasteiger partial charge in [0.2, 0.25) is 0 Å². The zero-order valence-corrected chi connectivity index (χ0v) is 10.8. The Kier molecular flexibility index (Phi) is 3.04. The maximum atomic E-state index is 13.3. The number of hydrogen-bond acceptors (Lipinski definition) is 3. The van der Waals surface area contributed by atoms with E-state index in [4.69, 9.17) is 5.11 Å². The van der Waals surface area contributed by atoms with Gasteiger partial charge < -0.3 is 5.11 Å². The standard InChI is InChI=1S/C14H10F2N2O3/c15-8-5-4-7(6-9(8)16)18-10-2-1-3-11(19)12(10)13(17-18)14(20)21/h4-6H,1-3H2,(H,20,21). The number of ketones is 1. The van der Waals surface area contributed by atoms with Crippen molar-refractivity contribution in [2.45, 2.75) is 19.3 Å². The largest absolute Gasteiger partial charge is 0.476 e. The lowest BCUT2D eigenvalue weighted by Crippen LogP contribution is -2.14. The first-order valence-electron chi connectivity index (χ1n) is 6.33. The van der Waals surface area contributed by atoms with Gasteiger partial charge in [-0.15, -0.1) is 0 Å². The number of fused-ring (bicyclic) bond motifs is 1. The van der Waals surface area contributed by atoms with Crippen LogP contribution >= 0.6 is 0 Å². The van der Waals surface area contributed by atoms with Gasteiger partial charge in [0.05, 0.1) is 16.9 Å². The zero-order valence-electron chi connectivity index (χ0n) is 10.8.